The molecule has 0 aromatic carbocycles. The van der Waals surface area contributed by atoms with Gasteiger partial charge in [0.1, 0.15) is 0 Å². The van der Waals surface area contributed by atoms with E-state index in [2.05, 4.69) is 4.52 Å². The number of rotatable bonds is 2. The van der Waals surface area contributed by atoms with Crippen LogP contribution in [-0.4, -0.2) is 16.3 Å². The molecule has 0 saturated heterocycles. The van der Waals surface area contributed by atoms with Crippen LogP contribution in [0.2, 0.25) is 0 Å². The van der Waals surface area contributed by atoms with Gasteiger partial charge in [-0.1, -0.05) is 0 Å². The van der Waals surface area contributed by atoms with E-state index in [-0.39, 0.29) is 59.3 Å². The van der Waals surface area contributed by atoms with Gasteiger partial charge < -0.3 is 15.7 Å². The maximum absolute atomic E-state index is 9.09. The molecule has 0 heterocycles. The zero-order chi connectivity index (χ0) is 4.99. The van der Waals surface area contributed by atoms with Crippen molar-refractivity contribution >= 4 is 15.1 Å². The second-order valence-electron chi connectivity index (χ2n) is 0.454. The summed E-state index contributed by atoms with van der Waals surface area (Å²) in [5.41, 5.74) is 0. The van der Waals surface area contributed by atoms with Crippen molar-refractivity contribution in [1.29, 1.82) is 0 Å². The quantitative estimate of drug-likeness (QED) is 0.243. The van der Waals surface area contributed by atoms with Crippen molar-refractivity contribution in [3.63, 3.8) is 0 Å². The van der Waals surface area contributed by atoms with Gasteiger partial charge in [-0.05, 0) is 0 Å². The molecule has 0 aromatic rings. The van der Waals surface area contributed by atoms with Crippen molar-refractivity contribution in [2.24, 2.45) is 0 Å². The fourth-order valence-electron chi connectivity index (χ4n) is 0.0385. The van der Waals surface area contributed by atoms with Crippen molar-refractivity contribution in [3.8, 4) is 0 Å². The topological polar surface area (TPSA) is 66.8 Å². The van der Waals surface area contributed by atoms with Gasteiger partial charge >= 0.3 is 60.0 Å². The second kappa shape index (κ2) is 7.46. The first kappa shape index (κ1) is 11.3. The van der Waals surface area contributed by atoms with Gasteiger partial charge in [0.2, 0.25) is 0 Å². The van der Waals surface area contributed by atoms with Crippen LogP contribution in [0.4, 0.5) is 0 Å². The Balaban J connectivity index is -0.000000125. The number of hydrogen-bond donors (Lipinski definition) is 2. The summed E-state index contributed by atoms with van der Waals surface area (Å²) in [7, 11) is -2.47. The van der Waals surface area contributed by atoms with E-state index in [4.69, 9.17) is 14.6 Å². The first-order chi connectivity index (χ1) is 2.77. The average Bonchev–Trinajstić information content (AvgIpc) is 1.35. The molecule has 2 N–H and O–H groups in total. The van der Waals surface area contributed by atoms with E-state index in [9.17, 15) is 0 Å². The summed E-state index contributed by atoms with van der Waals surface area (Å²) >= 11 is 0. The molecule has 0 atom stereocenters. The smallest absolute Gasteiger partial charge is 1.00 e. The molecule has 0 aliphatic carbocycles. The van der Waals surface area contributed by atoms with E-state index in [1.807, 2.05) is 0 Å². The summed E-state index contributed by atoms with van der Waals surface area (Å²) in [5.74, 6) is 0. The molecular formula is CH4KO4P. The largest absolute Gasteiger partial charge is 1.00 e. The average molecular weight is 150 g/mol. The number of hydrogen-bond acceptors (Lipinski definition) is 4. The van der Waals surface area contributed by atoms with Gasteiger partial charge in [-0.2, -0.15) is 0 Å². The molecule has 0 saturated carbocycles. The van der Waals surface area contributed by atoms with Crippen molar-refractivity contribution in [1.82, 2.24) is 0 Å². The van der Waals surface area contributed by atoms with E-state index in [0.717, 1.165) is 0 Å². The zero-order valence-corrected chi connectivity index (χ0v) is 7.75. The minimum Gasteiger partial charge on any atom is -1.00 e. The van der Waals surface area contributed by atoms with Crippen LogP contribution in [0.25, 0.3) is 0 Å². The van der Waals surface area contributed by atoms with Gasteiger partial charge in [0.15, 0.2) is 0 Å². The van der Waals surface area contributed by atoms with E-state index in [1.54, 1.807) is 0 Å². The van der Waals surface area contributed by atoms with E-state index in [1.165, 1.54) is 0 Å². The minimum absolute atomic E-state index is 0. The summed E-state index contributed by atoms with van der Waals surface area (Å²) in [6.45, 7) is -0.0221. The van der Waals surface area contributed by atoms with Crippen molar-refractivity contribution in [2.45, 2.75) is 0 Å². The Hall–Kier alpha value is 1.46. The van der Waals surface area contributed by atoms with Gasteiger partial charge in [0.25, 0.3) is 6.47 Å². The molecule has 0 rings (SSSR count). The van der Waals surface area contributed by atoms with E-state index in [0.29, 0.717) is 0 Å². The van der Waals surface area contributed by atoms with Gasteiger partial charge in [0.05, 0.1) is 0 Å². The Morgan fingerprint density at radius 3 is 2.14 bits per heavy atom. The molecule has 0 spiro atoms. The van der Waals surface area contributed by atoms with Crippen molar-refractivity contribution in [2.75, 3.05) is 0 Å². The normalized spacial score (nSPS) is 7.29. The molecule has 0 fully saturated rings. The molecule has 6 heteroatoms. The standard InChI is InChI=1S/CH3O4P.K.H/c2-1-5-6(3)4;;/h1,3-4H;;/q;+1;-1. The van der Waals surface area contributed by atoms with Crippen LogP contribution >= 0.6 is 8.60 Å². The first-order valence-corrected chi connectivity index (χ1v) is 2.22. The maximum Gasteiger partial charge on any atom is 1.00 e. The monoisotopic (exact) mass is 150 g/mol. The fourth-order valence-corrected chi connectivity index (χ4v) is 0.115. The van der Waals surface area contributed by atoms with Gasteiger partial charge in [-0.15, -0.1) is 0 Å². The SMILES string of the molecule is O=COP(O)O.[H-].[K+]. The van der Waals surface area contributed by atoms with Crippen LogP contribution in [0.5, 0.6) is 0 Å². The molecule has 0 unspecified atom stereocenters. The molecule has 0 bridgehead atoms. The van der Waals surface area contributed by atoms with Gasteiger partial charge in [0, 0.05) is 0 Å². The van der Waals surface area contributed by atoms with Crippen molar-refractivity contribution in [3.05, 3.63) is 0 Å². The van der Waals surface area contributed by atoms with Crippen LogP contribution in [0.15, 0.2) is 0 Å². The number of carbonyl (C=O) groups excluding carboxylic acids is 1. The third-order valence-corrected chi connectivity index (χ3v) is 0.412. The molecule has 0 radical (unpaired) electrons. The van der Waals surface area contributed by atoms with E-state index < -0.39 is 8.60 Å². The Bertz CT molecular complexity index is 51.3. The van der Waals surface area contributed by atoms with Crippen LogP contribution < -0.4 is 51.4 Å². The molecular weight excluding hydrogens is 146 g/mol. The van der Waals surface area contributed by atoms with Crippen LogP contribution in [0, 0.1) is 0 Å². The summed E-state index contributed by atoms with van der Waals surface area (Å²) < 4.78 is 3.54. The molecule has 0 amide bonds. The predicted molar refractivity (Wildman–Crippen MR) is 19.6 cm³/mol. The second-order valence-corrected chi connectivity index (χ2v) is 1.17. The minimum atomic E-state index is -2.47. The maximum atomic E-state index is 9.09. The van der Waals surface area contributed by atoms with E-state index >= 15 is 0 Å². The summed E-state index contributed by atoms with van der Waals surface area (Å²) in [5, 5.41) is 0. The molecule has 38 valence electrons. The third kappa shape index (κ3) is 11.2. The Morgan fingerprint density at radius 2 is 2.14 bits per heavy atom. The zero-order valence-electron chi connectivity index (χ0n) is 4.74. The summed E-state index contributed by atoms with van der Waals surface area (Å²) in [6.07, 6.45) is 0. The van der Waals surface area contributed by atoms with Crippen molar-refractivity contribution < 1.29 is 71.9 Å². The molecule has 0 aromatic heterocycles. The van der Waals surface area contributed by atoms with Gasteiger partial charge in [-0.3, -0.25) is 4.79 Å². The van der Waals surface area contributed by atoms with Crippen LogP contribution in [0.3, 0.4) is 0 Å². The van der Waals surface area contributed by atoms with Gasteiger partial charge in [-0.25, -0.2) is 0 Å². The molecule has 0 aliphatic rings. The number of carbonyl (C=O) groups is 1. The van der Waals surface area contributed by atoms with Crippen LogP contribution in [0.1, 0.15) is 1.43 Å². The fraction of sp³-hybridized carbons (Fsp3) is 0. The summed E-state index contributed by atoms with van der Waals surface area (Å²) in [6, 6.07) is 0. The molecule has 7 heavy (non-hydrogen) atoms. The third-order valence-electron chi connectivity index (χ3n) is 0.137. The van der Waals surface area contributed by atoms with Crippen LogP contribution in [-0.2, 0) is 9.32 Å². The Labute approximate surface area is 85.8 Å². The molecule has 0 aliphatic heterocycles. The molecule has 4 nitrogen and oxygen atoms in total. The Kier molecular flexibility index (Phi) is 12.0. The Morgan fingerprint density at radius 1 is 1.71 bits per heavy atom. The predicted octanol–water partition coefficient (Wildman–Crippen LogP) is -3.51. The first-order valence-electron chi connectivity index (χ1n) is 1.05. The summed E-state index contributed by atoms with van der Waals surface area (Å²) in [4.78, 5) is 24.5.